The minimum Gasteiger partial charge on any atom is -0.337 e. The molecule has 2 aromatic rings. The zero-order valence-corrected chi connectivity index (χ0v) is 13.4. The van der Waals surface area contributed by atoms with E-state index in [9.17, 15) is 4.79 Å². The monoisotopic (exact) mass is 348 g/mol. The average Bonchev–Trinajstić information content (AvgIpc) is 3.06. The molecule has 1 aromatic heterocycles. The molecule has 5 nitrogen and oxygen atoms in total. The fourth-order valence-corrected chi connectivity index (χ4v) is 2.87. The van der Waals surface area contributed by atoms with Gasteiger partial charge in [-0.15, -0.1) is 0 Å². The van der Waals surface area contributed by atoms with Crippen molar-refractivity contribution in [2.75, 3.05) is 13.1 Å². The van der Waals surface area contributed by atoms with Gasteiger partial charge in [-0.2, -0.15) is 5.10 Å². The van der Waals surface area contributed by atoms with Crippen molar-refractivity contribution < 1.29 is 4.79 Å². The predicted molar refractivity (Wildman–Crippen MR) is 84.5 cm³/mol. The summed E-state index contributed by atoms with van der Waals surface area (Å²) < 4.78 is 2.80. The van der Waals surface area contributed by atoms with Crippen LogP contribution in [0.2, 0.25) is 0 Å². The molecule has 6 heteroatoms. The fraction of sp³-hybridized carbons (Fsp3) is 0.333. The third kappa shape index (κ3) is 2.73. The van der Waals surface area contributed by atoms with Crippen molar-refractivity contribution in [3.05, 3.63) is 46.2 Å². The van der Waals surface area contributed by atoms with Crippen LogP contribution in [-0.2, 0) is 0 Å². The molecule has 21 heavy (non-hydrogen) atoms. The van der Waals surface area contributed by atoms with Crippen molar-refractivity contribution in [3.8, 4) is 5.69 Å². The number of benzene rings is 1. The van der Waals surface area contributed by atoms with Gasteiger partial charge in [0.25, 0.3) is 5.91 Å². The van der Waals surface area contributed by atoms with Gasteiger partial charge in [0.15, 0.2) is 0 Å². The van der Waals surface area contributed by atoms with Gasteiger partial charge >= 0.3 is 0 Å². The summed E-state index contributed by atoms with van der Waals surface area (Å²) in [5.41, 5.74) is 8.30. The lowest BCUT2D eigenvalue weighted by molar-refractivity contribution is 0.0790. The highest BCUT2D eigenvalue weighted by Crippen LogP contribution is 2.19. The fourth-order valence-electron chi connectivity index (χ4n) is 2.60. The van der Waals surface area contributed by atoms with E-state index in [1.54, 1.807) is 15.8 Å². The number of likely N-dealkylation sites (tertiary alicyclic amines) is 1. The van der Waals surface area contributed by atoms with Gasteiger partial charge in [0, 0.05) is 23.6 Å². The van der Waals surface area contributed by atoms with Crippen molar-refractivity contribution in [3.63, 3.8) is 0 Å². The topological polar surface area (TPSA) is 64.2 Å². The van der Waals surface area contributed by atoms with Crippen LogP contribution >= 0.6 is 15.9 Å². The molecule has 0 aliphatic carbocycles. The van der Waals surface area contributed by atoms with Crippen LogP contribution in [-0.4, -0.2) is 39.7 Å². The molecule has 1 atom stereocenters. The van der Waals surface area contributed by atoms with E-state index < -0.39 is 0 Å². The number of hydrogen-bond donors (Lipinski definition) is 1. The maximum atomic E-state index is 12.5. The summed E-state index contributed by atoms with van der Waals surface area (Å²) in [5.74, 6) is 0.0174. The van der Waals surface area contributed by atoms with Gasteiger partial charge in [0.05, 0.1) is 23.1 Å². The molecule has 1 saturated heterocycles. The van der Waals surface area contributed by atoms with E-state index in [-0.39, 0.29) is 11.9 Å². The Bertz CT molecular complexity index is 665. The van der Waals surface area contributed by atoms with Crippen LogP contribution in [0.25, 0.3) is 5.69 Å². The van der Waals surface area contributed by atoms with E-state index in [0.717, 1.165) is 28.8 Å². The molecule has 0 spiro atoms. The van der Waals surface area contributed by atoms with Gasteiger partial charge in [-0.25, -0.2) is 4.68 Å². The van der Waals surface area contributed by atoms with Crippen LogP contribution in [0.1, 0.15) is 22.5 Å². The zero-order valence-electron chi connectivity index (χ0n) is 11.8. The minimum absolute atomic E-state index is 0.0174. The molecule has 110 valence electrons. The normalized spacial score (nSPS) is 18.2. The molecule has 1 aromatic carbocycles. The number of halogens is 1. The number of nitrogens with two attached hydrogens (primary N) is 1. The molecular formula is C15H17BrN4O. The molecule has 1 fully saturated rings. The first-order valence-electron chi connectivity index (χ1n) is 6.91. The Morgan fingerprint density at radius 1 is 1.38 bits per heavy atom. The second kappa shape index (κ2) is 5.61. The van der Waals surface area contributed by atoms with Crippen LogP contribution in [0.15, 0.2) is 34.9 Å². The molecule has 0 saturated carbocycles. The van der Waals surface area contributed by atoms with E-state index in [2.05, 4.69) is 21.0 Å². The second-order valence-electron chi connectivity index (χ2n) is 5.33. The Morgan fingerprint density at radius 2 is 2.10 bits per heavy atom. The standard InChI is InChI=1S/C15H17BrN4O/c1-10-14(15(21)19-7-6-12(17)9-19)8-18-20(10)13-4-2-11(16)3-5-13/h2-5,8,12H,6-7,9,17H2,1H3. The molecule has 0 radical (unpaired) electrons. The van der Waals surface area contributed by atoms with Crippen molar-refractivity contribution in [1.29, 1.82) is 0 Å². The summed E-state index contributed by atoms with van der Waals surface area (Å²) in [6.45, 7) is 3.27. The Labute approximate surface area is 131 Å². The number of hydrogen-bond acceptors (Lipinski definition) is 3. The highest BCUT2D eigenvalue weighted by atomic mass is 79.9. The van der Waals surface area contributed by atoms with Gasteiger partial charge in [-0.05, 0) is 37.6 Å². The number of rotatable bonds is 2. The molecule has 0 bridgehead atoms. The van der Waals surface area contributed by atoms with Crippen LogP contribution in [0.3, 0.4) is 0 Å². The van der Waals surface area contributed by atoms with Gasteiger partial charge in [0.2, 0.25) is 0 Å². The van der Waals surface area contributed by atoms with E-state index in [0.29, 0.717) is 12.1 Å². The van der Waals surface area contributed by atoms with Crippen LogP contribution < -0.4 is 5.73 Å². The second-order valence-corrected chi connectivity index (χ2v) is 6.25. The molecule has 2 N–H and O–H groups in total. The lowest BCUT2D eigenvalue weighted by atomic mass is 10.2. The Kier molecular flexibility index (Phi) is 3.82. The summed E-state index contributed by atoms with van der Waals surface area (Å²) in [4.78, 5) is 14.3. The van der Waals surface area contributed by atoms with Crippen LogP contribution in [0.5, 0.6) is 0 Å². The third-order valence-corrected chi connectivity index (χ3v) is 4.35. The van der Waals surface area contributed by atoms with E-state index in [4.69, 9.17) is 5.73 Å². The van der Waals surface area contributed by atoms with E-state index in [1.807, 2.05) is 31.2 Å². The number of aromatic nitrogens is 2. The smallest absolute Gasteiger partial charge is 0.257 e. The maximum absolute atomic E-state index is 12.5. The average molecular weight is 349 g/mol. The highest BCUT2D eigenvalue weighted by molar-refractivity contribution is 9.10. The van der Waals surface area contributed by atoms with Crippen molar-refractivity contribution >= 4 is 21.8 Å². The summed E-state index contributed by atoms with van der Waals surface area (Å²) in [5, 5.41) is 4.35. The molecule has 1 amide bonds. The molecule has 1 aliphatic heterocycles. The third-order valence-electron chi connectivity index (χ3n) is 3.82. The van der Waals surface area contributed by atoms with Crippen LogP contribution in [0.4, 0.5) is 0 Å². The van der Waals surface area contributed by atoms with Crippen LogP contribution in [0, 0.1) is 6.92 Å². The van der Waals surface area contributed by atoms with Crippen molar-refractivity contribution in [2.24, 2.45) is 5.73 Å². The largest absolute Gasteiger partial charge is 0.337 e. The lowest BCUT2D eigenvalue weighted by Crippen LogP contribution is -2.32. The van der Waals surface area contributed by atoms with Gasteiger partial charge in [-0.1, -0.05) is 15.9 Å². The summed E-state index contributed by atoms with van der Waals surface area (Å²) in [7, 11) is 0. The predicted octanol–water partition coefficient (Wildman–Crippen LogP) is 2.12. The maximum Gasteiger partial charge on any atom is 0.257 e. The first-order chi connectivity index (χ1) is 10.1. The quantitative estimate of drug-likeness (QED) is 0.903. The summed E-state index contributed by atoms with van der Waals surface area (Å²) >= 11 is 3.41. The SMILES string of the molecule is Cc1c(C(=O)N2CCC(N)C2)cnn1-c1ccc(Br)cc1. The highest BCUT2D eigenvalue weighted by Gasteiger charge is 2.27. The first kappa shape index (κ1) is 14.3. The van der Waals surface area contributed by atoms with E-state index in [1.165, 1.54) is 0 Å². The van der Waals surface area contributed by atoms with Gasteiger partial charge < -0.3 is 10.6 Å². The van der Waals surface area contributed by atoms with E-state index >= 15 is 0 Å². The number of amides is 1. The Morgan fingerprint density at radius 3 is 2.71 bits per heavy atom. The first-order valence-corrected chi connectivity index (χ1v) is 7.71. The molecule has 1 aliphatic rings. The number of carbonyl (C=O) groups is 1. The lowest BCUT2D eigenvalue weighted by Gasteiger charge is -2.15. The molecule has 1 unspecified atom stereocenters. The zero-order chi connectivity index (χ0) is 15.0. The molecule has 3 rings (SSSR count). The minimum atomic E-state index is 0.0174. The van der Waals surface area contributed by atoms with Gasteiger partial charge in [0.1, 0.15) is 0 Å². The number of nitrogens with zero attached hydrogens (tertiary/aromatic N) is 3. The summed E-state index contributed by atoms with van der Waals surface area (Å²) in [6, 6.07) is 7.93. The van der Waals surface area contributed by atoms with Crippen molar-refractivity contribution in [1.82, 2.24) is 14.7 Å². The Hall–Kier alpha value is -1.66. The summed E-state index contributed by atoms with van der Waals surface area (Å²) in [6.07, 6.45) is 2.51. The molecule has 2 heterocycles. The van der Waals surface area contributed by atoms with Crippen molar-refractivity contribution in [2.45, 2.75) is 19.4 Å². The molecular weight excluding hydrogens is 332 g/mol. The Balaban J connectivity index is 1.88. The number of carbonyl (C=O) groups excluding carboxylic acids is 1. The van der Waals surface area contributed by atoms with Gasteiger partial charge in [-0.3, -0.25) is 4.79 Å².